The van der Waals surface area contributed by atoms with Gasteiger partial charge >= 0.3 is 0 Å². The van der Waals surface area contributed by atoms with Gasteiger partial charge in [-0.25, -0.2) is 9.37 Å². The van der Waals surface area contributed by atoms with Crippen LogP contribution in [0.3, 0.4) is 0 Å². The van der Waals surface area contributed by atoms with Gasteiger partial charge in [-0.1, -0.05) is 12.1 Å². The number of amides is 1. The van der Waals surface area contributed by atoms with Crippen molar-refractivity contribution in [2.24, 2.45) is 5.92 Å². The first-order valence-corrected chi connectivity index (χ1v) is 8.96. The number of nitrogens with zero attached hydrogens (tertiary/aromatic N) is 1. The fraction of sp³-hybridized carbons (Fsp3) is 0.444. The van der Waals surface area contributed by atoms with Crippen molar-refractivity contribution in [3.63, 3.8) is 0 Å². The maximum absolute atomic E-state index is 12.9. The molecule has 6 heteroatoms. The number of nitrogens with one attached hydrogen (secondary N) is 1. The van der Waals surface area contributed by atoms with E-state index < -0.39 is 5.54 Å². The lowest BCUT2D eigenvalue weighted by molar-refractivity contribution is -0.123. The highest BCUT2D eigenvalue weighted by Crippen LogP contribution is 2.39. The van der Waals surface area contributed by atoms with Crippen LogP contribution < -0.4 is 5.32 Å². The minimum absolute atomic E-state index is 0.0453. The number of hydrogen-bond acceptors (Lipinski definition) is 4. The van der Waals surface area contributed by atoms with Gasteiger partial charge in [0.05, 0.1) is 29.3 Å². The van der Waals surface area contributed by atoms with E-state index >= 15 is 0 Å². The Kier molecular flexibility index (Phi) is 4.96. The zero-order valence-corrected chi connectivity index (χ0v) is 14.4. The Morgan fingerprint density at radius 2 is 2.12 bits per heavy atom. The lowest BCUT2D eigenvalue weighted by Gasteiger charge is -2.28. The van der Waals surface area contributed by atoms with Crippen molar-refractivity contribution < 1.29 is 14.3 Å². The summed E-state index contributed by atoms with van der Waals surface area (Å²) >= 11 is 1.50. The number of benzene rings is 1. The molecule has 0 aliphatic heterocycles. The van der Waals surface area contributed by atoms with Crippen molar-refractivity contribution in [2.45, 2.75) is 38.1 Å². The summed E-state index contributed by atoms with van der Waals surface area (Å²) in [5, 5.41) is 15.3. The maximum atomic E-state index is 12.9. The molecule has 2 aromatic rings. The molecule has 3 rings (SSSR count). The van der Waals surface area contributed by atoms with E-state index in [2.05, 4.69) is 10.3 Å². The second-order valence-corrected chi connectivity index (χ2v) is 7.55. The molecule has 1 unspecified atom stereocenters. The van der Waals surface area contributed by atoms with E-state index in [4.69, 9.17) is 0 Å². The number of carbonyl (C=O) groups is 1. The molecule has 1 aromatic heterocycles. The van der Waals surface area contributed by atoms with Gasteiger partial charge in [0.25, 0.3) is 0 Å². The maximum Gasteiger partial charge on any atom is 0.226 e. The second-order valence-electron chi connectivity index (χ2n) is 6.61. The predicted octanol–water partition coefficient (Wildman–Crippen LogP) is 2.69. The van der Waals surface area contributed by atoms with Crippen LogP contribution in [0.5, 0.6) is 0 Å². The summed E-state index contributed by atoms with van der Waals surface area (Å²) in [5.74, 6) is 0.00541. The predicted molar refractivity (Wildman–Crippen MR) is 91.4 cm³/mol. The van der Waals surface area contributed by atoms with Crippen LogP contribution in [0.25, 0.3) is 0 Å². The molecule has 1 aliphatic carbocycles. The summed E-state index contributed by atoms with van der Waals surface area (Å²) in [6.45, 7) is 1.85. The lowest BCUT2D eigenvalue weighted by Crippen LogP contribution is -2.51. The van der Waals surface area contributed by atoms with Crippen molar-refractivity contribution in [1.82, 2.24) is 10.3 Å². The average Bonchev–Trinajstić information content (AvgIpc) is 3.33. The van der Waals surface area contributed by atoms with Crippen LogP contribution in [0.15, 0.2) is 29.6 Å². The van der Waals surface area contributed by atoms with Crippen molar-refractivity contribution in [2.75, 3.05) is 6.61 Å². The van der Waals surface area contributed by atoms with Gasteiger partial charge in [-0.3, -0.25) is 4.79 Å². The highest BCUT2D eigenvalue weighted by atomic mass is 32.1. The van der Waals surface area contributed by atoms with Gasteiger partial charge in [0.2, 0.25) is 5.91 Å². The van der Waals surface area contributed by atoms with E-state index in [0.29, 0.717) is 12.3 Å². The molecule has 24 heavy (non-hydrogen) atoms. The first-order valence-electron chi connectivity index (χ1n) is 8.08. The molecule has 2 N–H and O–H groups in total. The highest BCUT2D eigenvalue weighted by molar-refractivity contribution is 7.09. The van der Waals surface area contributed by atoms with Crippen LogP contribution in [0.1, 0.15) is 36.0 Å². The molecule has 1 atom stereocenters. The molecule has 4 nitrogen and oxygen atoms in total. The average molecular weight is 348 g/mol. The second kappa shape index (κ2) is 6.99. The molecule has 0 saturated heterocycles. The number of aromatic nitrogens is 1. The number of halogens is 1. The molecule has 1 heterocycles. The van der Waals surface area contributed by atoms with Crippen molar-refractivity contribution in [3.05, 3.63) is 51.7 Å². The number of aliphatic hydroxyl groups is 1. The van der Waals surface area contributed by atoms with Crippen molar-refractivity contribution in [1.29, 1.82) is 0 Å². The third-order valence-electron chi connectivity index (χ3n) is 4.44. The smallest absolute Gasteiger partial charge is 0.226 e. The topological polar surface area (TPSA) is 62.2 Å². The summed E-state index contributed by atoms with van der Waals surface area (Å²) in [5.41, 5.74) is 1.19. The van der Waals surface area contributed by atoms with Gasteiger partial charge in [0.1, 0.15) is 5.82 Å². The minimum atomic E-state index is -0.524. The van der Waals surface area contributed by atoms with Crippen LogP contribution >= 0.6 is 11.3 Å². The number of carbonyl (C=O) groups excluding carboxylic acids is 1. The van der Waals surface area contributed by atoms with Gasteiger partial charge in [0, 0.05) is 11.8 Å². The lowest BCUT2D eigenvalue weighted by atomic mass is 9.96. The third kappa shape index (κ3) is 4.19. The van der Waals surface area contributed by atoms with Gasteiger partial charge in [-0.05, 0) is 43.4 Å². The molecule has 1 aliphatic rings. The van der Waals surface area contributed by atoms with Gasteiger partial charge in [0.15, 0.2) is 0 Å². The Bertz CT molecular complexity index is 712. The van der Waals surface area contributed by atoms with E-state index in [1.165, 1.54) is 23.5 Å². The van der Waals surface area contributed by atoms with Gasteiger partial charge < -0.3 is 10.4 Å². The number of hydrogen-bond donors (Lipinski definition) is 2. The molecule has 1 saturated carbocycles. The van der Waals surface area contributed by atoms with Crippen molar-refractivity contribution >= 4 is 17.2 Å². The Balaban J connectivity index is 1.57. The van der Waals surface area contributed by atoms with Crippen molar-refractivity contribution in [3.8, 4) is 0 Å². The molecular formula is C18H21FN2O2S. The van der Waals surface area contributed by atoms with Gasteiger partial charge in [-0.15, -0.1) is 11.3 Å². The summed E-state index contributed by atoms with van der Waals surface area (Å²) in [4.78, 5) is 16.7. The summed E-state index contributed by atoms with van der Waals surface area (Å²) in [6, 6.07) is 6.35. The quantitative estimate of drug-likeness (QED) is 0.809. The minimum Gasteiger partial charge on any atom is -0.394 e. The molecule has 0 spiro atoms. The number of thiazole rings is 1. The van der Waals surface area contributed by atoms with E-state index in [0.717, 1.165) is 29.1 Å². The van der Waals surface area contributed by atoms with Crippen LogP contribution in [0.2, 0.25) is 0 Å². The number of rotatable bonds is 7. The van der Waals surface area contributed by atoms with Crippen LogP contribution in [-0.4, -0.2) is 28.1 Å². The fourth-order valence-corrected chi connectivity index (χ4v) is 3.63. The highest BCUT2D eigenvalue weighted by Gasteiger charge is 2.42. The first-order chi connectivity index (χ1) is 11.5. The summed E-state index contributed by atoms with van der Waals surface area (Å²) in [6.07, 6.45) is 2.94. The van der Waals surface area contributed by atoms with E-state index in [9.17, 15) is 14.3 Å². The molecular weight excluding hydrogens is 327 g/mol. The first kappa shape index (κ1) is 17.0. The monoisotopic (exact) mass is 348 g/mol. The largest absolute Gasteiger partial charge is 0.394 e. The number of aliphatic hydroxyl groups excluding tert-OH is 1. The molecule has 0 radical (unpaired) electrons. The Morgan fingerprint density at radius 3 is 2.75 bits per heavy atom. The zero-order chi connectivity index (χ0) is 17.2. The van der Waals surface area contributed by atoms with Crippen LogP contribution in [-0.2, 0) is 17.6 Å². The Morgan fingerprint density at radius 1 is 1.42 bits per heavy atom. The normalized spacial score (nSPS) is 16.6. The Labute approximate surface area is 144 Å². The zero-order valence-electron chi connectivity index (χ0n) is 13.6. The molecule has 1 amide bonds. The molecule has 1 fully saturated rings. The van der Waals surface area contributed by atoms with Crippen LogP contribution in [0, 0.1) is 11.7 Å². The fourth-order valence-electron chi connectivity index (χ4n) is 2.81. The Hall–Kier alpha value is -1.79. The van der Waals surface area contributed by atoms with E-state index in [-0.39, 0.29) is 24.8 Å². The summed E-state index contributed by atoms with van der Waals surface area (Å²) in [7, 11) is 0. The van der Waals surface area contributed by atoms with E-state index in [1.807, 2.05) is 12.3 Å². The van der Waals surface area contributed by atoms with E-state index in [1.54, 1.807) is 12.1 Å². The van der Waals surface area contributed by atoms with Crippen LogP contribution in [0.4, 0.5) is 4.39 Å². The van der Waals surface area contributed by atoms with Gasteiger partial charge in [-0.2, -0.15) is 0 Å². The third-order valence-corrected chi connectivity index (χ3v) is 5.34. The molecule has 128 valence electrons. The molecule has 0 bridgehead atoms. The standard InChI is InChI=1S/C18H21FN2O2S/c1-18(11-22,13-4-5-13)21-16(23)9-15-10-24-17(20-15)8-12-2-6-14(19)7-3-12/h2-3,6-7,10,13,22H,4-5,8-9,11H2,1H3,(H,21,23). The summed E-state index contributed by atoms with van der Waals surface area (Å²) < 4.78 is 12.9. The molecule has 1 aromatic carbocycles. The SMILES string of the molecule is CC(CO)(NC(=O)Cc1csc(Cc2ccc(F)cc2)n1)C1CC1.